The van der Waals surface area contributed by atoms with E-state index in [0.717, 1.165) is 26.3 Å². The van der Waals surface area contributed by atoms with Crippen molar-refractivity contribution in [2.75, 3.05) is 13.2 Å². The summed E-state index contributed by atoms with van der Waals surface area (Å²) in [5, 5.41) is 14.9. The van der Waals surface area contributed by atoms with Gasteiger partial charge in [-0.05, 0) is 85.6 Å². The zero-order valence-electron chi connectivity index (χ0n) is 60.1. The third kappa shape index (κ3) is 21.0. The summed E-state index contributed by atoms with van der Waals surface area (Å²) in [4.78, 5) is 127. The molecule has 7 aromatic carbocycles. The zero-order valence-corrected chi connectivity index (χ0v) is 60.1. The van der Waals surface area contributed by atoms with Crippen molar-refractivity contribution in [3.05, 3.63) is 251 Å². The van der Waals surface area contributed by atoms with Crippen LogP contribution >= 0.6 is 0 Å². The Kier molecular flexibility index (Phi) is 27.6. The van der Waals surface area contributed by atoms with Gasteiger partial charge in [-0.15, -0.1) is 0 Å². The van der Waals surface area contributed by atoms with Gasteiger partial charge in [0.05, 0.1) is 59.8 Å². The molecule has 4 fully saturated rings. The summed E-state index contributed by atoms with van der Waals surface area (Å²) in [5.74, 6) is -8.59. The predicted molar refractivity (Wildman–Crippen MR) is 378 cm³/mol. The summed E-state index contributed by atoms with van der Waals surface area (Å²) >= 11 is 0. The molecule has 20 atom stereocenters. The molecule has 0 saturated carbocycles. The van der Waals surface area contributed by atoms with Crippen LogP contribution < -0.4 is 5.32 Å². The number of amides is 1. The number of esters is 8. The van der Waals surface area contributed by atoms with Gasteiger partial charge in [-0.1, -0.05) is 152 Å². The van der Waals surface area contributed by atoms with Crippen molar-refractivity contribution in [3.8, 4) is 0 Å². The van der Waals surface area contributed by atoms with E-state index in [1.54, 1.807) is 109 Å². The number of hydrogen-bond donors (Lipinski definition) is 2. The van der Waals surface area contributed by atoms with E-state index in [2.05, 4.69) is 5.32 Å². The van der Waals surface area contributed by atoms with Crippen molar-refractivity contribution in [3.63, 3.8) is 0 Å². The van der Waals surface area contributed by atoms with Gasteiger partial charge in [-0.2, -0.15) is 0 Å². The minimum atomic E-state index is -2.16. The van der Waals surface area contributed by atoms with Crippen molar-refractivity contribution >= 4 is 53.7 Å². The number of aliphatic hydroxyl groups excluding tert-OH is 1. The van der Waals surface area contributed by atoms with E-state index in [9.17, 15) is 43.5 Å². The lowest BCUT2D eigenvalue weighted by Crippen LogP contribution is -2.70. The van der Waals surface area contributed by atoms with Crippen LogP contribution in [0.25, 0.3) is 0 Å². The molecule has 574 valence electrons. The Morgan fingerprint density at radius 1 is 0.339 bits per heavy atom. The van der Waals surface area contributed by atoms with Gasteiger partial charge in [0.2, 0.25) is 5.91 Å². The number of nitrogens with one attached hydrogen (secondary N) is 1. The highest BCUT2D eigenvalue weighted by molar-refractivity contribution is 5.92. The molecule has 0 bridgehead atoms. The second-order valence-electron chi connectivity index (χ2n) is 25.9. The second-order valence-corrected chi connectivity index (χ2v) is 25.9. The molecule has 4 saturated heterocycles. The van der Waals surface area contributed by atoms with Gasteiger partial charge in [0.25, 0.3) is 0 Å². The third-order valence-electron chi connectivity index (χ3n) is 18.0. The largest absolute Gasteiger partial charge is 0.463 e. The monoisotopic (exact) mass is 1500 g/mol. The summed E-state index contributed by atoms with van der Waals surface area (Å²) in [6.45, 7) is 6.09. The first-order valence-corrected chi connectivity index (χ1v) is 35.2. The van der Waals surface area contributed by atoms with Crippen molar-refractivity contribution in [2.45, 2.75) is 178 Å². The first-order valence-electron chi connectivity index (χ1n) is 35.2. The van der Waals surface area contributed by atoms with Gasteiger partial charge in [0.15, 0.2) is 74.0 Å². The van der Waals surface area contributed by atoms with Crippen LogP contribution in [0.2, 0.25) is 0 Å². The van der Waals surface area contributed by atoms with Gasteiger partial charge in [-0.25, -0.2) is 24.0 Å². The Balaban J connectivity index is 1.07. The fourth-order valence-corrected chi connectivity index (χ4v) is 12.9. The van der Waals surface area contributed by atoms with E-state index in [0.29, 0.717) is 5.56 Å². The Morgan fingerprint density at radius 3 is 1.10 bits per heavy atom. The number of ether oxygens (including phenoxy) is 17. The molecule has 0 radical (unpaired) electrons. The zero-order chi connectivity index (χ0) is 77.1. The molecule has 0 unspecified atom stereocenters. The summed E-state index contributed by atoms with van der Waals surface area (Å²) in [7, 11) is 0. The van der Waals surface area contributed by atoms with Gasteiger partial charge in [-0.3, -0.25) is 19.2 Å². The van der Waals surface area contributed by atoms with Crippen molar-refractivity contribution < 1.29 is 129 Å². The maximum absolute atomic E-state index is 15.2. The van der Waals surface area contributed by atoms with Crippen LogP contribution in [0.15, 0.2) is 212 Å². The van der Waals surface area contributed by atoms with Crippen LogP contribution in [0.4, 0.5) is 0 Å². The molecule has 0 spiro atoms. The molecule has 28 heteroatoms. The Hall–Kier alpha value is -10.6. The predicted octanol–water partition coefficient (Wildman–Crippen LogP) is 7.94. The van der Waals surface area contributed by atoms with Crippen LogP contribution in [0, 0.1) is 0 Å². The Labute approximate surface area is 627 Å². The smallest absolute Gasteiger partial charge is 0.338 e. The number of rotatable bonds is 28. The SMILES string of the molecule is CC(=O)N[C@@H]1[C@@H](O[C@H]2O[C@H](COC(C)=O)[C@H](OC(C)=O)[C@H](OC(C)=O)[C@H]2O[C@@H]2O[C@@H](C)[C@H](OC(=O)c3ccccc3)[C@@H](O[C@@H]3O[C@@H](C)[C@H](OC(=O)c4ccccc4)[C@@H](OC(=O)c4ccccc4)[C@H]3OC(=O)c3ccccc3)[C@H]2OC(=O)c2ccccc2)[C@H](OCc2ccccc2)[C@@H](COCc2ccccc2)O[C@@H]1O. The van der Waals surface area contributed by atoms with E-state index < -0.39 is 183 Å². The number of aliphatic hydroxyl groups is 1. The molecule has 0 aromatic heterocycles. The van der Waals surface area contributed by atoms with Gasteiger partial charge in [0, 0.05) is 27.7 Å². The van der Waals surface area contributed by atoms with Crippen molar-refractivity contribution in [1.82, 2.24) is 5.32 Å². The van der Waals surface area contributed by atoms with E-state index >= 15 is 4.79 Å². The molecule has 4 aliphatic rings. The molecule has 1 amide bonds. The summed E-state index contributed by atoms with van der Waals surface area (Å²) < 4.78 is 111. The molecule has 28 nitrogen and oxygen atoms in total. The molecule has 109 heavy (non-hydrogen) atoms. The van der Waals surface area contributed by atoms with Crippen LogP contribution in [0.3, 0.4) is 0 Å². The molecule has 2 N–H and O–H groups in total. The van der Waals surface area contributed by atoms with Crippen LogP contribution in [0.5, 0.6) is 0 Å². The molecule has 4 heterocycles. The lowest BCUT2D eigenvalue weighted by atomic mass is 9.94. The van der Waals surface area contributed by atoms with Gasteiger partial charge in [0.1, 0.15) is 43.2 Å². The van der Waals surface area contributed by atoms with Crippen LogP contribution in [-0.2, 0) is 113 Å². The second kappa shape index (κ2) is 37.9. The fourth-order valence-electron chi connectivity index (χ4n) is 12.9. The number of hydrogen-bond acceptors (Lipinski definition) is 27. The standard InChI is InChI=1S/C81H83NO27/c1-46-62(102-73(87)54-32-18-9-19-33-54)67(104-75(89)56-36-22-11-23-37-56)70(105-76(90)57-38-24-12-25-39-57)79(96-46)108-68-63(103-74(88)55-34-20-10-21-35-55)47(2)97-80(71(68)106-77(91)58-40-26-13-27-41-58)109-72-69(99-51(6)86)65(98-50(5)85)60(45-94-49(4)84)101-81(72)107-66-61(82-48(3)83)78(92)100-59(44-93-42-52-28-14-7-15-29-52)64(66)95-43-53-30-16-8-17-31-53/h7-41,46-47,59-72,78-81,92H,42-45H2,1-6H3,(H,82,83)/t46-,47-,59+,60+,61+,62-,63-,64+,65-,66+,67+,68+,69-,70+,71+,72+,78-,79-,80-,81+/m0/s1. The number of carbonyl (C=O) groups excluding carboxylic acids is 9. The highest BCUT2D eigenvalue weighted by Gasteiger charge is 2.61. The Morgan fingerprint density at radius 2 is 0.679 bits per heavy atom. The van der Waals surface area contributed by atoms with Crippen LogP contribution in [0.1, 0.15) is 104 Å². The van der Waals surface area contributed by atoms with Gasteiger partial charge >= 0.3 is 47.8 Å². The Bertz CT molecular complexity index is 4170. The summed E-state index contributed by atoms with van der Waals surface area (Å²) in [5.41, 5.74) is 1.40. The van der Waals surface area contributed by atoms with Crippen LogP contribution in [-0.4, -0.2) is 195 Å². The first kappa shape index (κ1) is 79.4. The highest BCUT2D eigenvalue weighted by Crippen LogP contribution is 2.41. The normalized spacial score (nSPS) is 27.9. The molecule has 0 aliphatic carbocycles. The topological polar surface area (TPSA) is 343 Å². The summed E-state index contributed by atoms with van der Waals surface area (Å²) in [6, 6.07) is 54.9. The molecule has 4 aliphatic heterocycles. The number of benzene rings is 7. The van der Waals surface area contributed by atoms with E-state index in [-0.39, 0.29) is 47.6 Å². The van der Waals surface area contributed by atoms with Crippen molar-refractivity contribution in [1.29, 1.82) is 0 Å². The maximum Gasteiger partial charge on any atom is 0.338 e. The first-order chi connectivity index (χ1) is 52.7. The molecule has 11 rings (SSSR count). The molecular weight excluding hydrogens is 1420 g/mol. The van der Waals surface area contributed by atoms with E-state index in [4.69, 9.17) is 80.5 Å². The number of carbonyl (C=O) groups is 9. The lowest BCUT2D eigenvalue weighted by molar-refractivity contribution is -0.390. The van der Waals surface area contributed by atoms with E-state index in [1.807, 2.05) is 30.3 Å². The van der Waals surface area contributed by atoms with E-state index in [1.165, 1.54) is 93.6 Å². The lowest BCUT2D eigenvalue weighted by Gasteiger charge is -2.51. The maximum atomic E-state index is 15.2. The fraction of sp³-hybridized carbons (Fsp3) is 0.370. The molecular formula is C81H83NO27. The average Bonchev–Trinajstić information content (AvgIpc) is 0.757. The minimum absolute atomic E-state index is 0.00746. The van der Waals surface area contributed by atoms with Crippen molar-refractivity contribution in [2.24, 2.45) is 0 Å². The minimum Gasteiger partial charge on any atom is -0.463 e. The average molecular weight is 1500 g/mol. The highest BCUT2D eigenvalue weighted by atomic mass is 16.8. The van der Waals surface area contributed by atoms with Gasteiger partial charge < -0.3 is 90.9 Å². The molecule has 7 aromatic rings. The third-order valence-corrected chi connectivity index (χ3v) is 18.0. The summed E-state index contributed by atoms with van der Waals surface area (Å²) in [6.07, 6.45) is -34.3. The quantitative estimate of drug-likeness (QED) is 0.0347.